The van der Waals surface area contributed by atoms with Crippen LogP contribution >= 0.6 is 0 Å². The van der Waals surface area contributed by atoms with E-state index >= 15 is 0 Å². The summed E-state index contributed by atoms with van der Waals surface area (Å²) < 4.78 is 0. The Morgan fingerprint density at radius 1 is 1.35 bits per heavy atom. The van der Waals surface area contributed by atoms with Gasteiger partial charge >= 0.3 is 0 Å². The largest absolute Gasteiger partial charge is 0.316 e. The molecule has 0 aliphatic carbocycles. The van der Waals surface area contributed by atoms with E-state index in [9.17, 15) is 0 Å². The minimum absolute atomic E-state index is 0.704. The highest BCUT2D eigenvalue weighted by atomic mass is 15.1. The molecule has 0 aromatic heterocycles. The lowest BCUT2D eigenvalue weighted by Gasteiger charge is -2.32. The SMILES string of the molecule is CC(C)CNCC1CCN(CCCC#N)CC1. The number of nitriles is 1. The summed E-state index contributed by atoms with van der Waals surface area (Å²) in [7, 11) is 0. The summed E-state index contributed by atoms with van der Waals surface area (Å²) in [5, 5.41) is 12.1. The monoisotopic (exact) mass is 237 g/mol. The van der Waals surface area contributed by atoms with Gasteiger partial charge in [-0.3, -0.25) is 0 Å². The van der Waals surface area contributed by atoms with Crippen molar-refractivity contribution in [3.8, 4) is 6.07 Å². The zero-order valence-corrected chi connectivity index (χ0v) is 11.4. The molecule has 0 aromatic carbocycles. The molecule has 3 nitrogen and oxygen atoms in total. The van der Waals surface area contributed by atoms with E-state index in [4.69, 9.17) is 5.26 Å². The zero-order valence-electron chi connectivity index (χ0n) is 11.4. The number of unbranched alkanes of at least 4 members (excludes halogenated alkanes) is 1. The molecule has 0 amide bonds. The van der Waals surface area contributed by atoms with Crippen LogP contribution in [0, 0.1) is 23.2 Å². The van der Waals surface area contributed by atoms with Crippen molar-refractivity contribution in [3.05, 3.63) is 0 Å². The van der Waals surface area contributed by atoms with Gasteiger partial charge in [0.15, 0.2) is 0 Å². The molecule has 3 heteroatoms. The second-order valence-corrected chi connectivity index (χ2v) is 5.60. The molecule has 0 unspecified atom stereocenters. The van der Waals surface area contributed by atoms with E-state index < -0.39 is 0 Å². The summed E-state index contributed by atoms with van der Waals surface area (Å²) in [6.45, 7) is 10.4. The summed E-state index contributed by atoms with van der Waals surface area (Å²) in [5.74, 6) is 1.61. The lowest BCUT2D eigenvalue weighted by molar-refractivity contribution is 0.180. The van der Waals surface area contributed by atoms with Crippen molar-refractivity contribution < 1.29 is 0 Å². The summed E-state index contributed by atoms with van der Waals surface area (Å²) in [5.41, 5.74) is 0. The van der Waals surface area contributed by atoms with Crippen LogP contribution in [0.2, 0.25) is 0 Å². The van der Waals surface area contributed by atoms with Gasteiger partial charge in [0.25, 0.3) is 0 Å². The molecule has 1 aliphatic rings. The standard InChI is InChI=1S/C14H27N3/c1-13(2)11-16-12-14-5-9-17(10-6-14)8-4-3-7-15/h13-14,16H,3-6,8-12H2,1-2H3. The second kappa shape index (κ2) is 8.49. The maximum atomic E-state index is 8.50. The van der Waals surface area contributed by atoms with Crippen LogP contribution in [-0.2, 0) is 0 Å². The summed E-state index contributed by atoms with van der Waals surface area (Å²) in [6, 6.07) is 2.22. The number of nitrogens with one attached hydrogen (secondary N) is 1. The van der Waals surface area contributed by atoms with Crippen molar-refractivity contribution in [1.82, 2.24) is 10.2 Å². The lowest BCUT2D eigenvalue weighted by atomic mass is 9.96. The van der Waals surface area contributed by atoms with Gasteiger partial charge in [0.05, 0.1) is 6.07 Å². The Morgan fingerprint density at radius 3 is 2.65 bits per heavy atom. The molecule has 0 spiro atoms. The Hall–Kier alpha value is -0.590. The van der Waals surface area contributed by atoms with E-state index in [1.165, 1.54) is 32.5 Å². The average Bonchev–Trinajstić information content (AvgIpc) is 2.31. The highest BCUT2D eigenvalue weighted by Gasteiger charge is 2.18. The van der Waals surface area contributed by atoms with E-state index in [0.29, 0.717) is 6.42 Å². The molecular formula is C14H27N3. The van der Waals surface area contributed by atoms with E-state index in [0.717, 1.165) is 31.3 Å². The van der Waals surface area contributed by atoms with Gasteiger partial charge in [-0.1, -0.05) is 13.8 Å². The van der Waals surface area contributed by atoms with Crippen LogP contribution < -0.4 is 5.32 Å². The van der Waals surface area contributed by atoms with Crippen LogP contribution in [0.4, 0.5) is 0 Å². The Labute approximate surface area is 106 Å². The Morgan fingerprint density at radius 2 is 2.06 bits per heavy atom. The first-order chi connectivity index (χ1) is 8.22. The molecule has 0 atom stereocenters. The van der Waals surface area contributed by atoms with Gasteiger partial charge in [-0.2, -0.15) is 5.26 Å². The van der Waals surface area contributed by atoms with Gasteiger partial charge < -0.3 is 10.2 Å². The minimum Gasteiger partial charge on any atom is -0.316 e. The molecule has 1 rings (SSSR count). The van der Waals surface area contributed by atoms with Crippen molar-refractivity contribution in [1.29, 1.82) is 5.26 Å². The molecule has 0 radical (unpaired) electrons. The first-order valence-electron chi connectivity index (χ1n) is 7.02. The fourth-order valence-corrected chi connectivity index (χ4v) is 2.37. The third-order valence-electron chi connectivity index (χ3n) is 3.46. The van der Waals surface area contributed by atoms with Gasteiger partial charge in [0.2, 0.25) is 0 Å². The zero-order chi connectivity index (χ0) is 12.5. The van der Waals surface area contributed by atoms with Crippen LogP contribution in [-0.4, -0.2) is 37.6 Å². The number of likely N-dealkylation sites (tertiary alicyclic amines) is 1. The van der Waals surface area contributed by atoms with Gasteiger partial charge in [-0.25, -0.2) is 0 Å². The van der Waals surface area contributed by atoms with Gasteiger partial charge in [-0.05, 0) is 63.8 Å². The van der Waals surface area contributed by atoms with Crippen LogP contribution in [0.3, 0.4) is 0 Å². The fraction of sp³-hybridized carbons (Fsp3) is 0.929. The molecule has 98 valence electrons. The second-order valence-electron chi connectivity index (χ2n) is 5.60. The molecule has 0 saturated carbocycles. The van der Waals surface area contributed by atoms with Gasteiger partial charge in [0, 0.05) is 6.42 Å². The number of hydrogen-bond donors (Lipinski definition) is 1. The number of piperidine rings is 1. The normalized spacial score (nSPS) is 18.5. The van der Waals surface area contributed by atoms with Crippen molar-refractivity contribution in [2.24, 2.45) is 11.8 Å². The van der Waals surface area contributed by atoms with Crippen molar-refractivity contribution in [2.45, 2.75) is 39.5 Å². The minimum atomic E-state index is 0.704. The summed E-state index contributed by atoms with van der Waals surface area (Å²) >= 11 is 0. The molecular weight excluding hydrogens is 210 g/mol. The molecule has 0 bridgehead atoms. The predicted octanol–water partition coefficient (Wildman–Crippen LogP) is 2.25. The van der Waals surface area contributed by atoms with Crippen molar-refractivity contribution in [2.75, 3.05) is 32.7 Å². The highest BCUT2D eigenvalue weighted by Crippen LogP contribution is 2.16. The lowest BCUT2D eigenvalue weighted by Crippen LogP contribution is -2.38. The van der Waals surface area contributed by atoms with Gasteiger partial charge in [0.1, 0.15) is 0 Å². The Kier molecular flexibility index (Phi) is 7.23. The molecule has 1 heterocycles. The quantitative estimate of drug-likeness (QED) is 0.690. The van der Waals surface area contributed by atoms with E-state index in [1.54, 1.807) is 0 Å². The van der Waals surface area contributed by atoms with Crippen molar-refractivity contribution >= 4 is 0 Å². The molecule has 17 heavy (non-hydrogen) atoms. The predicted molar refractivity (Wildman–Crippen MR) is 71.7 cm³/mol. The summed E-state index contributed by atoms with van der Waals surface area (Å²) in [4.78, 5) is 2.51. The van der Waals surface area contributed by atoms with E-state index in [2.05, 4.69) is 30.1 Å². The number of rotatable bonds is 7. The van der Waals surface area contributed by atoms with Crippen molar-refractivity contribution in [3.63, 3.8) is 0 Å². The average molecular weight is 237 g/mol. The molecule has 1 aliphatic heterocycles. The smallest absolute Gasteiger partial charge is 0.0622 e. The third kappa shape index (κ3) is 6.65. The first-order valence-corrected chi connectivity index (χ1v) is 7.02. The molecule has 1 fully saturated rings. The fourth-order valence-electron chi connectivity index (χ4n) is 2.37. The summed E-state index contributed by atoms with van der Waals surface area (Å²) in [6.07, 6.45) is 4.37. The Balaban J connectivity index is 2.03. The highest BCUT2D eigenvalue weighted by molar-refractivity contribution is 4.76. The van der Waals surface area contributed by atoms with Crippen LogP contribution in [0.5, 0.6) is 0 Å². The topological polar surface area (TPSA) is 39.1 Å². The van der Waals surface area contributed by atoms with E-state index in [-0.39, 0.29) is 0 Å². The van der Waals surface area contributed by atoms with Gasteiger partial charge in [-0.15, -0.1) is 0 Å². The third-order valence-corrected chi connectivity index (χ3v) is 3.46. The molecule has 1 saturated heterocycles. The first kappa shape index (κ1) is 14.5. The van der Waals surface area contributed by atoms with Crippen LogP contribution in [0.15, 0.2) is 0 Å². The van der Waals surface area contributed by atoms with Crippen LogP contribution in [0.25, 0.3) is 0 Å². The Bertz CT molecular complexity index is 224. The maximum absolute atomic E-state index is 8.50. The maximum Gasteiger partial charge on any atom is 0.0622 e. The number of nitrogens with zero attached hydrogens (tertiary/aromatic N) is 2. The molecule has 0 aromatic rings. The molecule has 1 N–H and O–H groups in total. The van der Waals surface area contributed by atoms with Crippen LogP contribution in [0.1, 0.15) is 39.5 Å². The van der Waals surface area contributed by atoms with E-state index in [1.807, 2.05) is 0 Å². The number of hydrogen-bond acceptors (Lipinski definition) is 3.